The third kappa shape index (κ3) is 2.49. The van der Waals surface area contributed by atoms with Gasteiger partial charge < -0.3 is 5.11 Å². The lowest BCUT2D eigenvalue weighted by Crippen LogP contribution is -2.41. The average Bonchev–Trinajstić information content (AvgIpc) is 2.91. The molecule has 4 nitrogen and oxygen atoms in total. The molecular formula is C15H22N2O2S. The number of nitrogens with zero attached hydrogens (tertiary/aromatic N) is 2. The summed E-state index contributed by atoms with van der Waals surface area (Å²) in [5.41, 5.74) is 1.07. The molecule has 110 valence electrons. The van der Waals surface area contributed by atoms with Crippen molar-refractivity contribution in [1.29, 1.82) is 0 Å². The molecule has 20 heavy (non-hydrogen) atoms. The van der Waals surface area contributed by atoms with E-state index >= 15 is 0 Å². The summed E-state index contributed by atoms with van der Waals surface area (Å²) in [6, 6.07) is 0.163. The van der Waals surface area contributed by atoms with Crippen LogP contribution in [-0.4, -0.2) is 33.0 Å². The average molecular weight is 294 g/mol. The number of thiazole rings is 1. The molecule has 3 atom stereocenters. The van der Waals surface area contributed by atoms with Crippen LogP contribution in [0.2, 0.25) is 0 Å². The van der Waals surface area contributed by atoms with Gasteiger partial charge in [0.2, 0.25) is 0 Å². The Balaban J connectivity index is 1.84. The van der Waals surface area contributed by atoms with Crippen molar-refractivity contribution in [3.63, 3.8) is 0 Å². The predicted molar refractivity (Wildman–Crippen MR) is 78.9 cm³/mol. The Morgan fingerprint density at radius 1 is 1.40 bits per heavy atom. The van der Waals surface area contributed by atoms with E-state index in [2.05, 4.69) is 9.88 Å². The molecule has 0 radical (unpaired) electrons. The third-order valence-electron chi connectivity index (χ3n) is 4.83. The van der Waals surface area contributed by atoms with Crippen LogP contribution < -0.4 is 0 Å². The van der Waals surface area contributed by atoms with Crippen LogP contribution in [-0.2, 0) is 11.3 Å². The number of hydrogen-bond donors (Lipinski definition) is 1. The van der Waals surface area contributed by atoms with E-state index < -0.39 is 5.97 Å². The zero-order chi connectivity index (χ0) is 14.3. The smallest absolute Gasteiger partial charge is 0.320 e. The SMILES string of the molecule is Cc1nc(C)c(CN2[C@H](C(=O)O)C[C@H]3CCCC[C@@H]32)s1. The lowest BCUT2D eigenvalue weighted by Gasteiger charge is -2.32. The van der Waals surface area contributed by atoms with Gasteiger partial charge in [-0.25, -0.2) is 4.98 Å². The summed E-state index contributed by atoms with van der Waals surface area (Å²) in [6.07, 6.45) is 5.69. The van der Waals surface area contributed by atoms with Gasteiger partial charge in [-0.15, -0.1) is 11.3 Å². The van der Waals surface area contributed by atoms with Crippen molar-refractivity contribution >= 4 is 17.3 Å². The Labute approximate surface area is 123 Å². The molecule has 0 aromatic carbocycles. The maximum atomic E-state index is 11.6. The Morgan fingerprint density at radius 2 is 2.15 bits per heavy atom. The minimum Gasteiger partial charge on any atom is -0.480 e. The van der Waals surface area contributed by atoms with E-state index in [4.69, 9.17) is 0 Å². The summed E-state index contributed by atoms with van der Waals surface area (Å²) in [5, 5.41) is 10.6. The topological polar surface area (TPSA) is 53.4 Å². The van der Waals surface area contributed by atoms with Crippen molar-refractivity contribution in [2.75, 3.05) is 0 Å². The number of likely N-dealkylation sites (tertiary alicyclic amines) is 1. The number of carboxylic acid groups (broad SMARTS) is 1. The van der Waals surface area contributed by atoms with Gasteiger partial charge in [-0.1, -0.05) is 12.8 Å². The number of fused-ring (bicyclic) bond motifs is 1. The van der Waals surface area contributed by atoms with Gasteiger partial charge in [-0.05, 0) is 39.0 Å². The van der Waals surface area contributed by atoms with Crippen LogP contribution in [0.4, 0.5) is 0 Å². The minimum atomic E-state index is -0.654. The largest absolute Gasteiger partial charge is 0.480 e. The van der Waals surface area contributed by atoms with Gasteiger partial charge in [0.1, 0.15) is 6.04 Å². The molecule has 1 saturated carbocycles. The summed E-state index contributed by atoms with van der Waals surface area (Å²) in [5.74, 6) is -0.0718. The zero-order valence-electron chi connectivity index (χ0n) is 12.1. The number of aryl methyl sites for hydroxylation is 2. The third-order valence-corrected chi connectivity index (χ3v) is 5.89. The maximum absolute atomic E-state index is 11.6. The van der Waals surface area contributed by atoms with Crippen molar-refractivity contribution in [2.45, 2.75) is 64.6 Å². The van der Waals surface area contributed by atoms with Crippen molar-refractivity contribution in [1.82, 2.24) is 9.88 Å². The van der Waals surface area contributed by atoms with E-state index in [0.29, 0.717) is 12.0 Å². The first-order valence-corrected chi connectivity index (χ1v) is 8.29. The van der Waals surface area contributed by atoms with Crippen molar-refractivity contribution in [3.8, 4) is 0 Å². The number of aromatic nitrogens is 1. The van der Waals surface area contributed by atoms with Crippen LogP contribution in [0.25, 0.3) is 0 Å². The molecule has 0 bridgehead atoms. The number of hydrogen-bond acceptors (Lipinski definition) is 4. The van der Waals surface area contributed by atoms with Gasteiger partial charge in [-0.2, -0.15) is 0 Å². The number of rotatable bonds is 3. The van der Waals surface area contributed by atoms with E-state index in [0.717, 1.165) is 30.1 Å². The Morgan fingerprint density at radius 3 is 2.80 bits per heavy atom. The molecule has 0 amide bonds. The van der Waals surface area contributed by atoms with E-state index in [1.165, 1.54) is 24.1 Å². The van der Waals surface area contributed by atoms with Crippen LogP contribution in [0, 0.1) is 19.8 Å². The van der Waals surface area contributed by atoms with Gasteiger partial charge in [0.15, 0.2) is 0 Å². The molecule has 1 aromatic rings. The van der Waals surface area contributed by atoms with Gasteiger partial charge >= 0.3 is 5.97 Å². The van der Waals surface area contributed by atoms with Crippen LogP contribution in [0.3, 0.4) is 0 Å². The van der Waals surface area contributed by atoms with Crippen LogP contribution in [0.5, 0.6) is 0 Å². The molecule has 1 N–H and O–H groups in total. The highest BCUT2D eigenvalue weighted by Crippen LogP contribution is 2.41. The van der Waals surface area contributed by atoms with Crippen LogP contribution >= 0.6 is 11.3 Å². The van der Waals surface area contributed by atoms with Gasteiger partial charge in [0.25, 0.3) is 0 Å². The highest BCUT2D eigenvalue weighted by molar-refractivity contribution is 7.11. The summed E-state index contributed by atoms with van der Waals surface area (Å²) in [4.78, 5) is 19.5. The molecule has 2 aliphatic rings. The van der Waals surface area contributed by atoms with Crippen LogP contribution in [0.15, 0.2) is 0 Å². The molecule has 1 aromatic heterocycles. The first-order valence-electron chi connectivity index (χ1n) is 7.47. The molecule has 1 aliphatic carbocycles. The molecular weight excluding hydrogens is 272 g/mol. The maximum Gasteiger partial charge on any atom is 0.320 e. The Bertz CT molecular complexity index is 514. The van der Waals surface area contributed by atoms with Crippen molar-refractivity contribution in [2.24, 2.45) is 5.92 Å². The summed E-state index contributed by atoms with van der Waals surface area (Å²) < 4.78 is 0. The van der Waals surface area contributed by atoms with Gasteiger partial charge in [0, 0.05) is 17.5 Å². The number of carboxylic acids is 1. The number of aliphatic carboxylic acids is 1. The first kappa shape index (κ1) is 14.0. The highest BCUT2D eigenvalue weighted by Gasteiger charge is 2.45. The molecule has 1 aliphatic heterocycles. The normalized spacial score (nSPS) is 30.4. The second-order valence-corrected chi connectivity index (χ2v) is 7.40. The lowest BCUT2D eigenvalue weighted by molar-refractivity contribution is -0.142. The summed E-state index contributed by atoms with van der Waals surface area (Å²) >= 11 is 1.71. The van der Waals surface area contributed by atoms with E-state index in [9.17, 15) is 9.90 Å². The van der Waals surface area contributed by atoms with Crippen molar-refractivity contribution in [3.05, 3.63) is 15.6 Å². The first-order chi connectivity index (χ1) is 9.56. The fourth-order valence-corrected chi connectivity index (χ4v) is 4.86. The monoisotopic (exact) mass is 294 g/mol. The Kier molecular flexibility index (Phi) is 3.82. The predicted octanol–water partition coefficient (Wildman–Crippen LogP) is 2.98. The second kappa shape index (κ2) is 5.45. The van der Waals surface area contributed by atoms with Gasteiger partial charge in [-0.3, -0.25) is 9.69 Å². The standard InChI is InChI=1S/C15H22N2O2S/c1-9-14(20-10(2)16-9)8-17-12-6-4-3-5-11(12)7-13(17)15(18)19/h11-13H,3-8H2,1-2H3,(H,18,19)/t11-,12+,13+/m1/s1. The number of carbonyl (C=O) groups is 1. The molecule has 1 saturated heterocycles. The Hall–Kier alpha value is -0.940. The van der Waals surface area contributed by atoms with E-state index in [1.54, 1.807) is 11.3 Å². The lowest BCUT2D eigenvalue weighted by atomic mass is 9.85. The molecule has 0 spiro atoms. The molecule has 0 unspecified atom stereocenters. The fraction of sp³-hybridized carbons (Fsp3) is 0.733. The molecule has 2 heterocycles. The van der Waals surface area contributed by atoms with Crippen molar-refractivity contribution < 1.29 is 9.90 Å². The van der Waals surface area contributed by atoms with Gasteiger partial charge in [0.05, 0.1) is 10.7 Å². The summed E-state index contributed by atoms with van der Waals surface area (Å²) in [7, 11) is 0. The fourth-order valence-electron chi connectivity index (χ4n) is 3.91. The minimum absolute atomic E-state index is 0.301. The molecule has 2 fully saturated rings. The summed E-state index contributed by atoms with van der Waals surface area (Å²) in [6.45, 7) is 4.81. The molecule has 5 heteroatoms. The molecule has 3 rings (SSSR count). The van der Waals surface area contributed by atoms with E-state index in [-0.39, 0.29) is 6.04 Å². The highest BCUT2D eigenvalue weighted by atomic mass is 32.1. The second-order valence-electron chi connectivity index (χ2n) is 6.12. The quantitative estimate of drug-likeness (QED) is 0.931. The van der Waals surface area contributed by atoms with E-state index in [1.807, 2.05) is 13.8 Å². The zero-order valence-corrected chi connectivity index (χ0v) is 12.9. The van der Waals surface area contributed by atoms with Crippen LogP contribution in [0.1, 0.15) is 47.7 Å².